The van der Waals surface area contributed by atoms with Gasteiger partial charge in [-0.2, -0.15) is 10.2 Å². The lowest BCUT2D eigenvalue weighted by atomic mass is 10.0. The SMILES string of the molecule is C=CCCCCCc1ccccc1C=NN=Cc1ccc(-c2ccc(C)cc2)c(F)c1. The molecular weight excluding hydrogens is 383 g/mol. The highest BCUT2D eigenvalue weighted by Crippen LogP contribution is 2.23. The second-order valence-electron chi connectivity index (χ2n) is 7.68. The van der Waals surface area contributed by atoms with Crippen LogP contribution in [0.25, 0.3) is 11.1 Å². The minimum Gasteiger partial charge on any atom is -0.206 e. The Morgan fingerprint density at radius 2 is 1.65 bits per heavy atom. The smallest absolute Gasteiger partial charge is 0.131 e. The van der Waals surface area contributed by atoms with E-state index in [0.717, 1.165) is 36.0 Å². The van der Waals surface area contributed by atoms with Crippen molar-refractivity contribution in [1.82, 2.24) is 0 Å². The maximum atomic E-state index is 14.6. The zero-order valence-corrected chi connectivity index (χ0v) is 18.1. The van der Waals surface area contributed by atoms with Crippen molar-refractivity contribution in [3.8, 4) is 11.1 Å². The molecule has 31 heavy (non-hydrogen) atoms. The summed E-state index contributed by atoms with van der Waals surface area (Å²) in [7, 11) is 0. The number of hydrogen-bond donors (Lipinski definition) is 0. The van der Waals surface area contributed by atoms with Gasteiger partial charge in [0.2, 0.25) is 0 Å². The quantitative estimate of drug-likeness (QED) is 0.142. The Hall–Kier alpha value is -3.33. The van der Waals surface area contributed by atoms with Crippen LogP contribution in [-0.2, 0) is 6.42 Å². The van der Waals surface area contributed by atoms with Crippen molar-refractivity contribution < 1.29 is 4.39 Å². The van der Waals surface area contributed by atoms with Gasteiger partial charge in [0.15, 0.2) is 0 Å². The van der Waals surface area contributed by atoms with Gasteiger partial charge in [-0.15, -0.1) is 6.58 Å². The van der Waals surface area contributed by atoms with Crippen LogP contribution < -0.4 is 0 Å². The number of unbranched alkanes of at least 4 members (excludes halogenated alkanes) is 3. The molecule has 0 saturated carbocycles. The molecule has 158 valence electrons. The van der Waals surface area contributed by atoms with Gasteiger partial charge in [0.05, 0.1) is 12.4 Å². The first-order valence-corrected chi connectivity index (χ1v) is 10.8. The van der Waals surface area contributed by atoms with Crippen LogP contribution in [0.15, 0.2) is 89.6 Å². The molecule has 0 aliphatic heterocycles. The Morgan fingerprint density at radius 3 is 2.42 bits per heavy atom. The van der Waals surface area contributed by atoms with Crippen LogP contribution in [0, 0.1) is 12.7 Å². The Morgan fingerprint density at radius 1 is 0.871 bits per heavy atom. The fourth-order valence-corrected chi connectivity index (χ4v) is 3.44. The lowest BCUT2D eigenvalue weighted by molar-refractivity contribution is 0.631. The van der Waals surface area contributed by atoms with Crippen molar-refractivity contribution in [3.05, 3.63) is 107 Å². The van der Waals surface area contributed by atoms with Crippen LogP contribution in [0.3, 0.4) is 0 Å². The number of allylic oxidation sites excluding steroid dienone is 1. The zero-order chi connectivity index (χ0) is 21.9. The monoisotopic (exact) mass is 412 g/mol. The summed E-state index contributed by atoms with van der Waals surface area (Å²) < 4.78 is 14.6. The van der Waals surface area contributed by atoms with Gasteiger partial charge < -0.3 is 0 Å². The second-order valence-corrected chi connectivity index (χ2v) is 7.68. The molecule has 0 bridgehead atoms. The summed E-state index contributed by atoms with van der Waals surface area (Å²) in [5, 5.41) is 8.30. The van der Waals surface area contributed by atoms with Crippen LogP contribution in [0.4, 0.5) is 4.39 Å². The van der Waals surface area contributed by atoms with E-state index in [1.807, 2.05) is 55.5 Å². The predicted molar refractivity (Wildman–Crippen MR) is 131 cm³/mol. The maximum Gasteiger partial charge on any atom is 0.131 e. The number of aryl methyl sites for hydroxylation is 2. The molecule has 0 saturated heterocycles. The average molecular weight is 413 g/mol. The molecular formula is C28H29FN2. The van der Waals surface area contributed by atoms with E-state index >= 15 is 0 Å². The molecule has 3 aromatic rings. The molecule has 0 aromatic heterocycles. The van der Waals surface area contributed by atoms with E-state index in [1.165, 1.54) is 24.5 Å². The number of halogens is 1. The zero-order valence-electron chi connectivity index (χ0n) is 18.1. The standard InChI is InChI=1S/C28H29FN2/c1-3-4-5-6-7-10-24-11-8-9-12-26(24)21-31-30-20-23-15-18-27(28(29)19-23)25-16-13-22(2)14-17-25/h3,8-9,11-21H,1,4-7,10H2,2H3. The van der Waals surface area contributed by atoms with Crippen LogP contribution in [0.5, 0.6) is 0 Å². The number of rotatable bonds is 10. The Bertz CT molecular complexity index is 1050. The van der Waals surface area contributed by atoms with Gasteiger partial charge in [-0.25, -0.2) is 4.39 Å². The highest BCUT2D eigenvalue weighted by Gasteiger charge is 2.05. The predicted octanol–water partition coefficient (Wildman–Crippen LogP) is 7.54. The first-order chi connectivity index (χ1) is 15.2. The molecule has 0 aliphatic rings. The molecule has 0 fully saturated rings. The van der Waals surface area contributed by atoms with Crippen LogP contribution in [-0.4, -0.2) is 12.4 Å². The third-order valence-electron chi connectivity index (χ3n) is 5.24. The molecule has 3 heteroatoms. The van der Waals surface area contributed by atoms with Crippen LogP contribution in [0.2, 0.25) is 0 Å². The Kier molecular flexibility index (Phi) is 8.48. The van der Waals surface area contributed by atoms with E-state index in [9.17, 15) is 4.39 Å². The molecule has 0 heterocycles. The highest BCUT2D eigenvalue weighted by atomic mass is 19.1. The van der Waals surface area contributed by atoms with Crippen molar-refractivity contribution in [2.45, 2.75) is 39.0 Å². The molecule has 2 nitrogen and oxygen atoms in total. The van der Waals surface area contributed by atoms with E-state index in [-0.39, 0.29) is 5.82 Å². The Balaban J connectivity index is 1.62. The summed E-state index contributed by atoms with van der Waals surface area (Å²) in [4.78, 5) is 0. The van der Waals surface area contributed by atoms with Crippen molar-refractivity contribution in [3.63, 3.8) is 0 Å². The van der Waals surface area contributed by atoms with E-state index in [1.54, 1.807) is 18.5 Å². The number of benzene rings is 3. The van der Waals surface area contributed by atoms with Crippen LogP contribution in [0.1, 0.15) is 47.9 Å². The normalized spacial score (nSPS) is 11.4. The van der Waals surface area contributed by atoms with Gasteiger partial charge in [-0.3, -0.25) is 0 Å². The van der Waals surface area contributed by atoms with Gasteiger partial charge in [-0.05, 0) is 60.9 Å². The van der Waals surface area contributed by atoms with Gasteiger partial charge in [-0.1, -0.05) is 78.7 Å². The summed E-state index contributed by atoms with van der Waals surface area (Å²) >= 11 is 0. The van der Waals surface area contributed by atoms with E-state index < -0.39 is 0 Å². The van der Waals surface area contributed by atoms with Gasteiger partial charge in [0.1, 0.15) is 5.82 Å². The van der Waals surface area contributed by atoms with E-state index in [4.69, 9.17) is 0 Å². The van der Waals surface area contributed by atoms with Crippen molar-refractivity contribution in [1.29, 1.82) is 0 Å². The summed E-state index contributed by atoms with van der Waals surface area (Å²) in [5.74, 6) is -0.265. The molecule has 3 aromatic carbocycles. The van der Waals surface area contributed by atoms with E-state index in [2.05, 4.69) is 28.9 Å². The summed E-state index contributed by atoms with van der Waals surface area (Å²) in [6, 6.07) is 21.2. The molecule has 0 unspecified atom stereocenters. The molecule has 0 atom stereocenters. The maximum absolute atomic E-state index is 14.6. The highest BCUT2D eigenvalue weighted by molar-refractivity contribution is 5.84. The van der Waals surface area contributed by atoms with Crippen molar-refractivity contribution in [2.24, 2.45) is 10.2 Å². The summed E-state index contributed by atoms with van der Waals surface area (Å²) in [5.41, 5.74) is 5.63. The third-order valence-corrected chi connectivity index (χ3v) is 5.24. The molecule has 3 rings (SSSR count). The van der Waals surface area contributed by atoms with Gasteiger partial charge in [0.25, 0.3) is 0 Å². The Labute approximate surface area is 184 Å². The minimum absolute atomic E-state index is 0.265. The topological polar surface area (TPSA) is 24.7 Å². The molecule has 0 spiro atoms. The summed E-state index contributed by atoms with van der Waals surface area (Å²) in [6.07, 6.45) is 10.9. The van der Waals surface area contributed by atoms with Crippen molar-refractivity contribution in [2.75, 3.05) is 0 Å². The third kappa shape index (κ3) is 6.85. The van der Waals surface area contributed by atoms with Crippen molar-refractivity contribution >= 4 is 12.4 Å². The van der Waals surface area contributed by atoms with Crippen LogP contribution >= 0.6 is 0 Å². The summed E-state index contributed by atoms with van der Waals surface area (Å²) in [6.45, 7) is 5.79. The first-order valence-electron chi connectivity index (χ1n) is 10.8. The van der Waals surface area contributed by atoms with Gasteiger partial charge in [0, 0.05) is 5.56 Å². The lowest BCUT2D eigenvalue weighted by Crippen LogP contribution is -1.93. The number of nitrogens with zero attached hydrogens (tertiary/aromatic N) is 2. The lowest BCUT2D eigenvalue weighted by Gasteiger charge is -2.05. The van der Waals surface area contributed by atoms with E-state index in [0.29, 0.717) is 11.1 Å². The fraction of sp³-hybridized carbons (Fsp3) is 0.214. The average Bonchev–Trinajstić information content (AvgIpc) is 2.78. The molecule has 0 N–H and O–H groups in total. The second kappa shape index (κ2) is 11.8. The molecule has 0 amide bonds. The first kappa shape index (κ1) is 22.4. The fourth-order valence-electron chi connectivity index (χ4n) is 3.44. The minimum atomic E-state index is -0.265. The largest absolute Gasteiger partial charge is 0.206 e. The molecule has 0 radical (unpaired) electrons. The number of hydrogen-bond acceptors (Lipinski definition) is 2. The molecule has 0 aliphatic carbocycles. The van der Waals surface area contributed by atoms with Gasteiger partial charge >= 0.3 is 0 Å².